The number of ether oxygens (including phenoxy) is 2. The largest absolute Gasteiger partial charge is 0.501 e. The second-order valence-electron chi connectivity index (χ2n) is 10.1. The SMILES string of the molecule is COC1=CC2=C(C)C[C@@H]3C(=CC[C@@]4(C)[C@H]3CC[C@]4(O)C(=O)COC(C)=O)[C@@]2(C)CC1. The Morgan fingerprint density at radius 3 is 2.67 bits per heavy atom. The van der Waals surface area contributed by atoms with E-state index < -0.39 is 17.0 Å². The molecule has 1 fully saturated rings. The quantitative estimate of drug-likeness (QED) is 0.550. The van der Waals surface area contributed by atoms with Crippen molar-refractivity contribution in [2.45, 2.75) is 71.8 Å². The van der Waals surface area contributed by atoms with Crippen LogP contribution in [0.5, 0.6) is 0 Å². The van der Waals surface area contributed by atoms with Crippen LogP contribution in [-0.2, 0) is 19.1 Å². The normalized spacial score (nSPS) is 39.9. The van der Waals surface area contributed by atoms with Gasteiger partial charge in [0.25, 0.3) is 0 Å². The summed E-state index contributed by atoms with van der Waals surface area (Å²) in [6.07, 6.45) is 9.39. The third kappa shape index (κ3) is 2.84. The molecule has 0 aliphatic heterocycles. The highest BCUT2D eigenvalue weighted by Crippen LogP contribution is 2.65. The number of ketones is 1. The summed E-state index contributed by atoms with van der Waals surface area (Å²) >= 11 is 0. The smallest absolute Gasteiger partial charge is 0.303 e. The molecule has 0 spiro atoms. The van der Waals surface area contributed by atoms with Crippen molar-refractivity contribution < 1.29 is 24.2 Å². The minimum atomic E-state index is -1.44. The summed E-state index contributed by atoms with van der Waals surface area (Å²) in [4.78, 5) is 24.1. The van der Waals surface area contributed by atoms with Gasteiger partial charge in [0, 0.05) is 24.2 Å². The summed E-state index contributed by atoms with van der Waals surface area (Å²) in [5.74, 6) is 0.773. The summed E-state index contributed by atoms with van der Waals surface area (Å²) in [5, 5.41) is 11.5. The van der Waals surface area contributed by atoms with Crippen molar-refractivity contribution in [1.29, 1.82) is 0 Å². The van der Waals surface area contributed by atoms with Crippen molar-refractivity contribution in [1.82, 2.24) is 0 Å². The van der Waals surface area contributed by atoms with Crippen LogP contribution in [0.3, 0.4) is 0 Å². The van der Waals surface area contributed by atoms with Crippen molar-refractivity contribution in [2.75, 3.05) is 13.7 Å². The molecule has 0 saturated heterocycles. The number of aliphatic hydroxyl groups is 1. The van der Waals surface area contributed by atoms with E-state index in [-0.39, 0.29) is 23.7 Å². The van der Waals surface area contributed by atoms with Gasteiger partial charge >= 0.3 is 5.97 Å². The van der Waals surface area contributed by atoms with Gasteiger partial charge in [-0.05, 0) is 62.5 Å². The van der Waals surface area contributed by atoms with E-state index in [9.17, 15) is 14.7 Å². The lowest BCUT2D eigenvalue weighted by Gasteiger charge is -2.54. The molecule has 0 aromatic heterocycles. The third-order valence-electron chi connectivity index (χ3n) is 8.74. The summed E-state index contributed by atoms with van der Waals surface area (Å²) < 4.78 is 10.5. The first-order chi connectivity index (χ1) is 14.1. The summed E-state index contributed by atoms with van der Waals surface area (Å²) in [7, 11) is 1.74. The van der Waals surface area contributed by atoms with E-state index in [4.69, 9.17) is 9.47 Å². The molecule has 4 aliphatic carbocycles. The van der Waals surface area contributed by atoms with E-state index in [2.05, 4.69) is 32.9 Å². The maximum absolute atomic E-state index is 12.9. The molecule has 0 bridgehead atoms. The molecule has 0 aromatic carbocycles. The average Bonchev–Trinajstić information content (AvgIpc) is 2.98. The van der Waals surface area contributed by atoms with Crippen molar-refractivity contribution in [2.24, 2.45) is 22.7 Å². The first-order valence-electron chi connectivity index (χ1n) is 11.1. The second kappa shape index (κ2) is 7.08. The number of methoxy groups -OCH3 is 1. The van der Waals surface area contributed by atoms with Crippen LogP contribution in [-0.4, -0.2) is 36.2 Å². The highest BCUT2D eigenvalue weighted by Gasteiger charge is 2.64. The van der Waals surface area contributed by atoms with Gasteiger partial charge in [-0.15, -0.1) is 0 Å². The predicted molar refractivity (Wildman–Crippen MR) is 113 cm³/mol. The van der Waals surface area contributed by atoms with Crippen molar-refractivity contribution >= 4 is 11.8 Å². The number of carbonyl (C=O) groups is 2. The lowest BCUT2D eigenvalue weighted by Crippen LogP contribution is -2.55. The van der Waals surface area contributed by atoms with Crippen LogP contribution in [0.15, 0.2) is 34.6 Å². The summed E-state index contributed by atoms with van der Waals surface area (Å²) in [6.45, 7) is 7.57. The zero-order valence-corrected chi connectivity index (χ0v) is 18.8. The predicted octanol–water partition coefficient (Wildman–Crippen LogP) is 4.26. The van der Waals surface area contributed by atoms with Crippen molar-refractivity contribution in [3.8, 4) is 0 Å². The van der Waals surface area contributed by atoms with Crippen LogP contribution in [0, 0.1) is 22.7 Å². The topological polar surface area (TPSA) is 72.8 Å². The van der Waals surface area contributed by atoms with Crippen LogP contribution in [0.4, 0.5) is 0 Å². The minimum Gasteiger partial charge on any atom is -0.501 e. The lowest BCUT2D eigenvalue weighted by atomic mass is 9.50. The van der Waals surface area contributed by atoms with Gasteiger partial charge in [-0.1, -0.05) is 31.1 Å². The average molecular weight is 415 g/mol. The molecule has 164 valence electrons. The molecule has 4 rings (SSSR count). The van der Waals surface area contributed by atoms with Crippen LogP contribution < -0.4 is 0 Å². The Kier molecular flexibility index (Phi) is 5.04. The molecule has 5 heteroatoms. The second-order valence-corrected chi connectivity index (χ2v) is 10.1. The standard InChI is InChI=1S/C25H34O5/c1-15-12-18-19(23(3)9-6-17(29-5)13-21(15)23)7-10-24(4)20(18)8-11-25(24,28)22(27)14-30-16(2)26/h7,13,18,20,28H,6,8-12,14H2,1-5H3/t18-,20+,23-,24+,25+/m1/s1. The molecule has 5 atom stereocenters. The summed E-state index contributed by atoms with van der Waals surface area (Å²) in [5.41, 5.74) is 2.28. The van der Waals surface area contributed by atoms with Crippen molar-refractivity contribution in [3.05, 3.63) is 34.6 Å². The zero-order chi connectivity index (χ0) is 21.9. The molecule has 5 nitrogen and oxygen atoms in total. The Morgan fingerprint density at radius 2 is 2.00 bits per heavy atom. The number of hydrogen-bond donors (Lipinski definition) is 1. The Bertz CT molecular complexity index is 880. The Morgan fingerprint density at radius 1 is 1.27 bits per heavy atom. The molecule has 1 saturated carbocycles. The molecular weight excluding hydrogens is 380 g/mol. The fraction of sp³-hybridized carbons (Fsp3) is 0.680. The van der Waals surface area contributed by atoms with Gasteiger partial charge in [0.2, 0.25) is 5.78 Å². The van der Waals surface area contributed by atoms with Crippen LogP contribution in [0.2, 0.25) is 0 Å². The van der Waals surface area contributed by atoms with E-state index in [1.807, 2.05) is 0 Å². The molecule has 0 aromatic rings. The highest BCUT2D eigenvalue weighted by molar-refractivity contribution is 5.91. The number of rotatable bonds is 4. The van der Waals surface area contributed by atoms with E-state index in [0.29, 0.717) is 18.8 Å². The van der Waals surface area contributed by atoms with Gasteiger partial charge in [-0.3, -0.25) is 9.59 Å². The van der Waals surface area contributed by atoms with Gasteiger partial charge in [0.15, 0.2) is 6.61 Å². The van der Waals surface area contributed by atoms with E-state index in [1.165, 1.54) is 23.6 Å². The van der Waals surface area contributed by atoms with Gasteiger partial charge in [-0.2, -0.15) is 0 Å². The maximum Gasteiger partial charge on any atom is 0.303 e. The Hall–Kier alpha value is -1.88. The third-order valence-corrected chi connectivity index (χ3v) is 8.74. The molecule has 4 aliphatic rings. The number of hydrogen-bond acceptors (Lipinski definition) is 5. The number of carbonyl (C=O) groups excluding carboxylic acids is 2. The van der Waals surface area contributed by atoms with E-state index >= 15 is 0 Å². The summed E-state index contributed by atoms with van der Waals surface area (Å²) in [6, 6.07) is 0. The van der Waals surface area contributed by atoms with Gasteiger partial charge in [0.05, 0.1) is 12.9 Å². The number of Topliss-reactive ketones (excluding diaryl/α,β-unsaturated/α-hetero) is 1. The molecule has 0 unspecified atom stereocenters. The molecular formula is C25H34O5. The number of fused-ring (bicyclic) bond motifs is 5. The first kappa shape index (κ1) is 21.4. The fourth-order valence-corrected chi connectivity index (χ4v) is 6.96. The van der Waals surface area contributed by atoms with Crippen molar-refractivity contribution in [3.63, 3.8) is 0 Å². The lowest BCUT2D eigenvalue weighted by molar-refractivity contribution is -0.162. The maximum atomic E-state index is 12.9. The monoisotopic (exact) mass is 414 g/mol. The molecule has 0 amide bonds. The Balaban J connectivity index is 1.69. The van der Waals surface area contributed by atoms with E-state index in [0.717, 1.165) is 31.4 Å². The number of allylic oxidation sites excluding steroid dienone is 6. The fourth-order valence-electron chi connectivity index (χ4n) is 6.96. The molecule has 1 N–H and O–H groups in total. The van der Waals surface area contributed by atoms with Gasteiger partial charge in [0.1, 0.15) is 5.60 Å². The zero-order valence-electron chi connectivity index (χ0n) is 18.8. The van der Waals surface area contributed by atoms with Crippen LogP contribution in [0.1, 0.15) is 66.2 Å². The molecule has 30 heavy (non-hydrogen) atoms. The van der Waals surface area contributed by atoms with Crippen LogP contribution in [0.25, 0.3) is 0 Å². The van der Waals surface area contributed by atoms with Gasteiger partial charge < -0.3 is 14.6 Å². The molecule has 0 radical (unpaired) electrons. The van der Waals surface area contributed by atoms with E-state index in [1.54, 1.807) is 7.11 Å². The van der Waals surface area contributed by atoms with Gasteiger partial charge in [-0.25, -0.2) is 0 Å². The first-order valence-corrected chi connectivity index (χ1v) is 11.1. The minimum absolute atomic E-state index is 0.00118. The number of esters is 1. The highest BCUT2D eigenvalue weighted by atomic mass is 16.5. The molecule has 0 heterocycles. The Labute approximate surface area is 179 Å². The van der Waals surface area contributed by atoms with Crippen LogP contribution >= 0.6 is 0 Å².